The predicted octanol–water partition coefficient (Wildman–Crippen LogP) is 1.52. The Labute approximate surface area is 135 Å². The second-order valence-corrected chi connectivity index (χ2v) is 5.38. The molecular formula is C16H23N3O4. The highest BCUT2D eigenvalue weighted by molar-refractivity contribution is 5.92. The molecule has 1 aromatic carbocycles. The lowest BCUT2D eigenvalue weighted by molar-refractivity contribution is -0.116. The molecule has 0 unspecified atom stereocenters. The van der Waals surface area contributed by atoms with Crippen LogP contribution in [0.4, 0.5) is 10.5 Å². The van der Waals surface area contributed by atoms with Crippen molar-refractivity contribution in [1.82, 2.24) is 10.6 Å². The first-order chi connectivity index (χ1) is 11.0. The number of amides is 3. The van der Waals surface area contributed by atoms with Crippen LogP contribution in [-0.4, -0.2) is 45.3 Å². The summed E-state index contributed by atoms with van der Waals surface area (Å²) in [5, 5.41) is 5.60. The fourth-order valence-electron chi connectivity index (χ4n) is 2.21. The van der Waals surface area contributed by atoms with Crippen molar-refractivity contribution in [2.75, 3.05) is 32.2 Å². The van der Waals surface area contributed by atoms with Gasteiger partial charge in [-0.1, -0.05) is 0 Å². The zero-order valence-corrected chi connectivity index (χ0v) is 13.7. The van der Waals surface area contributed by atoms with E-state index >= 15 is 0 Å². The molecule has 126 valence electrons. The van der Waals surface area contributed by atoms with Crippen molar-refractivity contribution in [3.63, 3.8) is 0 Å². The number of methoxy groups -OCH3 is 2. The quantitative estimate of drug-likeness (QED) is 0.798. The van der Waals surface area contributed by atoms with Crippen LogP contribution in [0.3, 0.4) is 0 Å². The maximum Gasteiger partial charge on any atom is 0.315 e. The van der Waals surface area contributed by atoms with E-state index in [1.54, 1.807) is 37.3 Å². The van der Waals surface area contributed by atoms with Crippen molar-refractivity contribution < 1.29 is 19.1 Å². The first-order valence-electron chi connectivity index (χ1n) is 7.59. The summed E-state index contributed by atoms with van der Waals surface area (Å²) in [4.78, 5) is 25.1. The van der Waals surface area contributed by atoms with Gasteiger partial charge in [0.05, 0.1) is 14.2 Å². The number of nitrogens with zero attached hydrogens (tertiary/aromatic N) is 1. The molecule has 0 bridgehead atoms. The van der Waals surface area contributed by atoms with Crippen LogP contribution in [0.15, 0.2) is 18.2 Å². The van der Waals surface area contributed by atoms with Crippen LogP contribution >= 0.6 is 0 Å². The van der Waals surface area contributed by atoms with Crippen molar-refractivity contribution in [3.05, 3.63) is 18.2 Å². The standard InChI is InChI=1S/C16H23N3O4/c1-11(20)19(9-8-17-16(21)18-12-4-5-12)13-6-7-14(22-2)15(10-13)23-3/h6-7,10,12H,4-5,8-9H2,1-3H3,(H2,17,18,21). The molecule has 0 radical (unpaired) electrons. The third-order valence-electron chi connectivity index (χ3n) is 3.59. The highest BCUT2D eigenvalue weighted by atomic mass is 16.5. The van der Waals surface area contributed by atoms with E-state index in [0.29, 0.717) is 36.3 Å². The van der Waals surface area contributed by atoms with Gasteiger partial charge in [-0.25, -0.2) is 4.79 Å². The maximum absolute atomic E-state index is 11.9. The van der Waals surface area contributed by atoms with Crippen LogP contribution in [0.5, 0.6) is 11.5 Å². The summed E-state index contributed by atoms with van der Waals surface area (Å²) in [5.41, 5.74) is 0.694. The van der Waals surface area contributed by atoms with Gasteiger partial charge < -0.3 is 25.0 Å². The number of hydrogen-bond donors (Lipinski definition) is 2. The minimum Gasteiger partial charge on any atom is -0.493 e. The smallest absolute Gasteiger partial charge is 0.315 e. The predicted molar refractivity (Wildman–Crippen MR) is 87.1 cm³/mol. The molecule has 0 saturated heterocycles. The Kier molecular flexibility index (Phi) is 5.67. The van der Waals surface area contributed by atoms with Crippen molar-refractivity contribution in [2.45, 2.75) is 25.8 Å². The number of rotatable bonds is 7. The zero-order valence-electron chi connectivity index (χ0n) is 13.7. The van der Waals surface area contributed by atoms with Gasteiger partial charge in [0.15, 0.2) is 11.5 Å². The van der Waals surface area contributed by atoms with Crippen LogP contribution < -0.4 is 25.0 Å². The molecule has 0 aromatic heterocycles. The second-order valence-electron chi connectivity index (χ2n) is 5.38. The zero-order chi connectivity index (χ0) is 16.8. The molecule has 0 atom stereocenters. The molecule has 3 amide bonds. The number of urea groups is 1. The van der Waals surface area contributed by atoms with Gasteiger partial charge in [0.2, 0.25) is 5.91 Å². The van der Waals surface area contributed by atoms with Gasteiger partial charge in [-0.05, 0) is 25.0 Å². The van der Waals surface area contributed by atoms with E-state index in [1.165, 1.54) is 6.92 Å². The monoisotopic (exact) mass is 321 g/mol. The van der Waals surface area contributed by atoms with Gasteiger partial charge in [-0.3, -0.25) is 4.79 Å². The summed E-state index contributed by atoms with van der Waals surface area (Å²) < 4.78 is 10.5. The molecule has 1 fully saturated rings. The van der Waals surface area contributed by atoms with E-state index in [1.807, 2.05) is 0 Å². The summed E-state index contributed by atoms with van der Waals surface area (Å²) >= 11 is 0. The summed E-state index contributed by atoms with van der Waals surface area (Å²) in [7, 11) is 3.10. The highest BCUT2D eigenvalue weighted by Gasteiger charge is 2.23. The Morgan fingerprint density at radius 1 is 1.22 bits per heavy atom. The van der Waals surface area contributed by atoms with Gasteiger partial charge in [0, 0.05) is 37.8 Å². The molecule has 1 aliphatic carbocycles. The summed E-state index contributed by atoms with van der Waals surface area (Å²) in [5.74, 6) is 1.04. The third kappa shape index (κ3) is 4.77. The molecule has 2 N–H and O–H groups in total. The molecular weight excluding hydrogens is 298 g/mol. The lowest BCUT2D eigenvalue weighted by Crippen LogP contribution is -2.42. The maximum atomic E-state index is 11.9. The molecule has 1 saturated carbocycles. The minimum atomic E-state index is -0.191. The fraction of sp³-hybridized carbons (Fsp3) is 0.500. The molecule has 1 aromatic rings. The first-order valence-corrected chi connectivity index (χ1v) is 7.59. The largest absolute Gasteiger partial charge is 0.493 e. The SMILES string of the molecule is COc1ccc(N(CCNC(=O)NC2CC2)C(C)=O)cc1OC. The number of anilines is 1. The minimum absolute atomic E-state index is 0.110. The van der Waals surface area contributed by atoms with Crippen molar-refractivity contribution in [1.29, 1.82) is 0 Å². The van der Waals surface area contributed by atoms with E-state index in [2.05, 4.69) is 10.6 Å². The molecule has 0 heterocycles. The van der Waals surface area contributed by atoms with E-state index < -0.39 is 0 Å². The normalized spacial score (nSPS) is 13.2. The Morgan fingerprint density at radius 3 is 2.48 bits per heavy atom. The Hall–Kier alpha value is -2.44. The van der Waals surface area contributed by atoms with Crippen LogP contribution in [0, 0.1) is 0 Å². The van der Waals surface area contributed by atoms with E-state index in [-0.39, 0.29) is 11.9 Å². The molecule has 7 nitrogen and oxygen atoms in total. The van der Waals surface area contributed by atoms with Crippen molar-refractivity contribution in [2.24, 2.45) is 0 Å². The van der Waals surface area contributed by atoms with Gasteiger partial charge in [0.1, 0.15) is 0 Å². The number of benzene rings is 1. The number of carbonyl (C=O) groups excluding carboxylic acids is 2. The number of ether oxygens (including phenoxy) is 2. The first kappa shape index (κ1) is 16.9. The van der Waals surface area contributed by atoms with Gasteiger partial charge in [-0.15, -0.1) is 0 Å². The van der Waals surface area contributed by atoms with E-state index in [4.69, 9.17) is 9.47 Å². The van der Waals surface area contributed by atoms with Crippen molar-refractivity contribution in [3.8, 4) is 11.5 Å². The van der Waals surface area contributed by atoms with E-state index in [9.17, 15) is 9.59 Å². The second kappa shape index (κ2) is 7.71. The topological polar surface area (TPSA) is 79.9 Å². The molecule has 2 rings (SSSR count). The molecule has 0 spiro atoms. The average molecular weight is 321 g/mol. The molecule has 7 heteroatoms. The van der Waals surface area contributed by atoms with Crippen molar-refractivity contribution >= 4 is 17.6 Å². The van der Waals surface area contributed by atoms with Gasteiger partial charge >= 0.3 is 6.03 Å². The highest BCUT2D eigenvalue weighted by Crippen LogP contribution is 2.31. The Balaban J connectivity index is 1.97. The molecule has 0 aliphatic heterocycles. The lowest BCUT2D eigenvalue weighted by Gasteiger charge is -2.22. The number of carbonyl (C=O) groups is 2. The summed E-state index contributed by atoms with van der Waals surface area (Å²) in [6.07, 6.45) is 2.08. The number of hydrogen-bond acceptors (Lipinski definition) is 4. The van der Waals surface area contributed by atoms with Crippen LogP contribution in [0.25, 0.3) is 0 Å². The number of nitrogens with one attached hydrogen (secondary N) is 2. The lowest BCUT2D eigenvalue weighted by atomic mass is 10.2. The van der Waals surface area contributed by atoms with Crippen LogP contribution in [0.1, 0.15) is 19.8 Å². The third-order valence-corrected chi connectivity index (χ3v) is 3.59. The van der Waals surface area contributed by atoms with E-state index in [0.717, 1.165) is 12.8 Å². The van der Waals surface area contributed by atoms with Crippen LogP contribution in [-0.2, 0) is 4.79 Å². The Bertz CT molecular complexity index is 572. The Morgan fingerprint density at radius 2 is 1.91 bits per heavy atom. The van der Waals surface area contributed by atoms with Gasteiger partial charge in [0.25, 0.3) is 0 Å². The summed E-state index contributed by atoms with van der Waals surface area (Å²) in [6, 6.07) is 5.39. The van der Waals surface area contributed by atoms with Gasteiger partial charge in [-0.2, -0.15) is 0 Å². The molecule has 23 heavy (non-hydrogen) atoms. The average Bonchev–Trinajstić information content (AvgIpc) is 3.34. The van der Waals surface area contributed by atoms with Crippen LogP contribution in [0.2, 0.25) is 0 Å². The molecule has 1 aliphatic rings. The summed E-state index contributed by atoms with van der Waals surface area (Å²) in [6.45, 7) is 2.23. The fourth-order valence-corrected chi connectivity index (χ4v) is 2.21.